The minimum Gasteiger partial charge on any atom is -0.397 e. The van der Waals surface area contributed by atoms with Gasteiger partial charge in [0.25, 0.3) is 0 Å². The van der Waals surface area contributed by atoms with E-state index in [2.05, 4.69) is 30.1 Å². The minimum atomic E-state index is 0.00369. The molecule has 0 saturated heterocycles. The number of nitrogens with zero attached hydrogens (tertiary/aromatic N) is 2. The smallest absolute Gasteiger partial charge is 0.228 e. The SMILES string of the molecule is CC(C)CN(CCC#N)c1cc2c(cc1N)CC(=O)N2. The molecule has 0 atom stereocenters. The minimum absolute atomic E-state index is 0.00369. The highest BCUT2D eigenvalue weighted by molar-refractivity contribution is 6.00. The van der Waals surface area contributed by atoms with E-state index in [1.165, 1.54) is 0 Å². The number of amides is 1. The molecule has 1 heterocycles. The van der Waals surface area contributed by atoms with Crippen molar-refractivity contribution in [2.45, 2.75) is 26.7 Å². The van der Waals surface area contributed by atoms with E-state index >= 15 is 0 Å². The van der Waals surface area contributed by atoms with Crippen LogP contribution < -0.4 is 16.0 Å². The number of nitriles is 1. The Kier molecular flexibility index (Phi) is 4.14. The zero-order chi connectivity index (χ0) is 14.7. The van der Waals surface area contributed by atoms with E-state index in [9.17, 15) is 4.79 Å². The first-order chi connectivity index (χ1) is 9.51. The summed E-state index contributed by atoms with van der Waals surface area (Å²) in [4.78, 5) is 13.6. The van der Waals surface area contributed by atoms with Crippen molar-refractivity contribution in [2.24, 2.45) is 5.92 Å². The summed E-state index contributed by atoms with van der Waals surface area (Å²) < 4.78 is 0. The maximum atomic E-state index is 11.4. The van der Waals surface area contributed by atoms with Crippen molar-refractivity contribution in [1.82, 2.24) is 0 Å². The maximum absolute atomic E-state index is 11.4. The van der Waals surface area contributed by atoms with Crippen LogP contribution in [0, 0.1) is 17.2 Å². The largest absolute Gasteiger partial charge is 0.397 e. The van der Waals surface area contributed by atoms with Gasteiger partial charge >= 0.3 is 0 Å². The number of fused-ring (bicyclic) bond motifs is 1. The molecule has 0 unspecified atom stereocenters. The van der Waals surface area contributed by atoms with Crippen LogP contribution in [-0.4, -0.2) is 19.0 Å². The third kappa shape index (κ3) is 3.02. The Balaban J connectivity index is 2.31. The molecule has 0 aromatic heterocycles. The van der Waals surface area contributed by atoms with Crippen LogP contribution in [0.1, 0.15) is 25.8 Å². The fourth-order valence-corrected chi connectivity index (χ4v) is 2.49. The van der Waals surface area contributed by atoms with Gasteiger partial charge in [-0.05, 0) is 23.6 Å². The fourth-order valence-electron chi connectivity index (χ4n) is 2.49. The van der Waals surface area contributed by atoms with Crippen molar-refractivity contribution in [3.8, 4) is 6.07 Å². The summed E-state index contributed by atoms with van der Waals surface area (Å²) in [6, 6.07) is 5.96. The van der Waals surface area contributed by atoms with Gasteiger partial charge in [0.15, 0.2) is 0 Å². The molecule has 1 aliphatic heterocycles. The van der Waals surface area contributed by atoms with Gasteiger partial charge in [0.1, 0.15) is 0 Å². The first-order valence-corrected chi connectivity index (χ1v) is 6.85. The van der Waals surface area contributed by atoms with Crippen molar-refractivity contribution in [3.63, 3.8) is 0 Å². The Hall–Kier alpha value is -2.22. The van der Waals surface area contributed by atoms with Crippen LogP contribution in [0.25, 0.3) is 0 Å². The Morgan fingerprint density at radius 3 is 2.90 bits per heavy atom. The van der Waals surface area contributed by atoms with Gasteiger partial charge in [0.2, 0.25) is 5.91 Å². The number of carbonyl (C=O) groups excluding carboxylic acids is 1. The molecule has 5 heteroatoms. The lowest BCUT2D eigenvalue weighted by atomic mass is 10.1. The molecule has 5 nitrogen and oxygen atoms in total. The number of nitrogen functional groups attached to an aromatic ring is 1. The molecule has 1 aliphatic rings. The molecular formula is C15H20N4O. The monoisotopic (exact) mass is 272 g/mol. The third-order valence-electron chi connectivity index (χ3n) is 3.30. The van der Waals surface area contributed by atoms with Crippen LogP contribution in [0.4, 0.5) is 17.1 Å². The van der Waals surface area contributed by atoms with E-state index in [1.807, 2.05) is 12.1 Å². The summed E-state index contributed by atoms with van der Waals surface area (Å²) in [5.74, 6) is 0.472. The molecule has 0 saturated carbocycles. The highest BCUT2D eigenvalue weighted by Gasteiger charge is 2.21. The molecule has 1 aromatic rings. The quantitative estimate of drug-likeness (QED) is 0.804. The second kappa shape index (κ2) is 5.83. The van der Waals surface area contributed by atoms with Crippen molar-refractivity contribution in [2.75, 3.05) is 29.0 Å². The van der Waals surface area contributed by atoms with Gasteiger partial charge in [-0.2, -0.15) is 5.26 Å². The number of anilines is 3. The van der Waals surface area contributed by atoms with E-state index in [4.69, 9.17) is 11.0 Å². The Morgan fingerprint density at radius 2 is 2.25 bits per heavy atom. The number of rotatable bonds is 5. The Bertz CT molecular complexity index is 560. The normalized spacial score (nSPS) is 13.0. The Labute approximate surface area is 119 Å². The molecule has 1 amide bonds. The first-order valence-electron chi connectivity index (χ1n) is 6.85. The van der Waals surface area contributed by atoms with E-state index in [0.717, 1.165) is 23.5 Å². The highest BCUT2D eigenvalue weighted by atomic mass is 16.1. The van der Waals surface area contributed by atoms with E-state index < -0.39 is 0 Å². The molecule has 0 bridgehead atoms. The van der Waals surface area contributed by atoms with Gasteiger partial charge in [-0.25, -0.2) is 0 Å². The van der Waals surface area contributed by atoms with Gasteiger partial charge in [0.05, 0.1) is 30.3 Å². The maximum Gasteiger partial charge on any atom is 0.228 e. The predicted octanol–water partition coefficient (Wildman–Crippen LogP) is 2.14. The molecule has 1 aromatic carbocycles. The van der Waals surface area contributed by atoms with Gasteiger partial charge < -0.3 is 16.0 Å². The van der Waals surface area contributed by atoms with Gasteiger partial charge in [-0.1, -0.05) is 13.8 Å². The summed E-state index contributed by atoms with van der Waals surface area (Å²) in [5, 5.41) is 11.6. The summed E-state index contributed by atoms with van der Waals surface area (Å²) in [7, 11) is 0. The summed E-state index contributed by atoms with van der Waals surface area (Å²) >= 11 is 0. The van der Waals surface area contributed by atoms with Crippen molar-refractivity contribution >= 4 is 23.0 Å². The second-order valence-electron chi connectivity index (χ2n) is 5.54. The zero-order valence-corrected chi connectivity index (χ0v) is 11.9. The predicted molar refractivity (Wildman–Crippen MR) is 80.5 cm³/mol. The lowest BCUT2D eigenvalue weighted by molar-refractivity contribution is -0.115. The molecule has 106 valence electrons. The molecular weight excluding hydrogens is 252 g/mol. The van der Waals surface area contributed by atoms with Gasteiger partial charge in [-0.3, -0.25) is 4.79 Å². The van der Waals surface area contributed by atoms with E-state index in [-0.39, 0.29) is 5.91 Å². The zero-order valence-electron chi connectivity index (χ0n) is 11.9. The average molecular weight is 272 g/mol. The number of nitrogens with one attached hydrogen (secondary N) is 1. The molecule has 2 rings (SSSR count). The van der Waals surface area contributed by atoms with Crippen LogP contribution >= 0.6 is 0 Å². The molecule has 0 spiro atoms. The summed E-state index contributed by atoms with van der Waals surface area (Å²) in [6.45, 7) is 5.74. The molecule has 0 radical (unpaired) electrons. The Morgan fingerprint density at radius 1 is 1.50 bits per heavy atom. The van der Waals surface area contributed by atoms with Crippen LogP contribution in [0.3, 0.4) is 0 Å². The number of nitrogens with two attached hydrogens (primary N) is 1. The van der Waals surface area contributed by atoms with Crippen LogP contribution in [0.5, 0.6) is 0 Å². The summed E-state index contributed by atoms with van der Waals surface area (Å²) in [6.07, 6.45) is 0.845. The number of carbonyl (C=O) groups is 1. The van der Waals surface area contributed by atoms with Crippen molar-refractivity contribution in [1.29, 1.82) is 5.26 Å². The molecule has 0 fully saturated rings. The highest BCUT2D eigenvalue weighted by Crippen LogP contribution is 2.34. The fraction of sp³-hybridized carbons (Fsp3) is 0.467. The van der Waals surface area contributed by atoms with Crippen molar-refractivity contribution < 1.29 is 4.79 Å². The van der Waals surface area contributed by atoms with E-state index in [0.29, 0.717) is 31.0 Å². The number of benzene rings is 1. The number of hydrogen-bond donors (Lipinski definition) is 2. The molecule has 0 aliphatic carbocycles. The van der Waals surface area contributed by atoms with Gasteiger partial charge in [-0.15, -0.1) is 0 Å². The van der Waals surface area contributed by atoms with E-state index in [1.54, 1.807) is 0 Å². The number of hydrogen-bond acceptors (Lipinski definition) is 4. The van der Waals surface area contributed by atoms with Crippen LogP contribution in [0.15, 0.2) is 12.1 Å². The van der Waals surface area contributed by atoms with Crippen LogP contribution in [0.2, 0.25) is 0 Å². The standard InChI is InChI=1S/C15H20N4O/c1-10(2)9-19(5-3-4-16)14-8-13-11(6-12(14)17)7-15(20)18-13/h6,8,10H,3,5,7,9,17H2,1-2H3,(H,18,20). The molecule has 3 N–H and O–H groups in total. The average Bonchev–Trinajstić information content (AvgIpc) is 2.72. The van der Waals surface area contributed by atoms with Crippen LogP contribution in [-0.2, 0) is 11.2 Å². The van der Waals surface area contributed by atoms with Gasteiger partial charge in [0, 0.05) is 18.8 Å². The second-order valence-corrected chi connectivity index (χ2v) is 5.54. The lowest BCUT2D eigenvalue weighted by Gasteiger charge is -2.27. The topological polar surface area (TPSA) is 82.2 Å². The third-order valence-corrected chi connectivity index (χ3v) is 3.30. The molecule has 20 heavy (non-hydrogen) atoms. The van der Waals surface area contributed by atoms with Crippen molar-refractivity contribution in [3.05, 3.63) is 17.7 Å². The summed E-state index contributed by atoms with van der Waals surface area (Å²) in [5.41, 5.74) is 9.47. The first kappa shape index (κ1) is 14.2. The lowest BCUT2D eigenvalue weighted by Crippen LogP contribution is -2.29.